The Hall–Kier alpha value is -2.78. The summed E-state index contributed by atoms with van der Waals surface area (Å²) in [5.41, 5.74) is 2.89. The fourth-order valence-corrected chi connectivity index (χ4v) is 4.10. The van der Waals surface area contributed by atoms with E-state index in [0.717, 1.165) is 25.0 Å². The summed E-state index contributed by atoms with van der Waals surface area (Å²) in [4.78, 5) is 29.1. The summed E-state index contributed by atoms with van der Waals surface area (Å²) in [6, 6.07) is 8.09. The van der Waals surface area contributed by atoms with E-state index in [1.54, 1.807) is 6.92 Å². The molecule has 2 aliphatic rings. The number of halogens is 5. The van der Waals surface area contributed by atoms with Gasteiger partial charge >= 0.3 is 6.18 Å². The number of carbonyl (C=O) groups excluding carboxylic acids is 2. The Morgan fingerprint density at radius 2 is 1.76 bits per heavy atom. The number of aryl methyl sites for hydroxylation is 1. The molecule has 1 aliphatic heterocycles. The first-order valence-corrected chi connectivity index (χ1v) is 10.8. The first kappa shape index (κ1) is 23.4. The van der Waals surface area contributed by atoms with Gasteiger partial charge in [-0.3, -0.25) is 20.4 Å². The Morgan fingerprint density at radius 3 is 2.33 bits per heavy atom. The Bertz CT molecular complexity index is 1150. The number of hydrazine groups is 1. The number of alkyl halides is 3. The van der Waals surface area contributed by atoms with Gasteiger partial charge in [0.2, 0.25) is 5.91 Å². The zero-order chi connectivity index (χ0) is 24.0. The van der Waals surface area contributed by atoms with Crippen LogP contribution in [0, 0.1) is 12.8 Å². The summed E-state index contributed by atoms with van der Waals surface area (Å²) in [5.74, 6) is -0.854. The van der Waals surface area contributed by atoms with Crippen molar-refractivity contribution in [3.8, 4) is 0 Å². The minimum atomic E-state index is -4.80. The predicted molar refractivity (Wildman–Crippen MR) is 116 cm³/mol. The summed E-state index contributed by atoms with van der Waals surface area (Å²) < 4.78 is 42.4. The minimum Gasteiger partial charge on any atom is -0.374 e. The summed E-state index contributed by atoms with van der Waals surface area (Å²) in [5, 5.41) is 3.80. The van der Waals surface area contributed by atoms with Gasteiger partial charge in [-0.25, -0.2) is 0 Å². The maximum Gasteiger partial charge on any atom is 0.435 e. The van der Waals surface area contributed by atoms with Gasteiger partial charge in [0.15, 0.2) is 0 Å². The van der Waals surface area contributed by atoms with Crippen molar-refractivity contribution in [3.05, 3.63) is 68.7 Å². The Morgan fingerprint density at radius 1 is 1.09 bits per heavy atom. The molecule has 1 aliphatic carbocycles. The van der Waals surface area contributed by atoms with Crippen molar-refractivity contribution in [1.82, 2.24) is 10.9 Å². The van der Waals surface area contributed by atoms with Crippen LogP contribution in [-0.2, 0) is 15.2 Å². The van der Waals surface area contributed by atoms with Crippen LogP contribution >= 0.6 is 23.2 Å². The van der Waals surface area contributed by atoms with Crippen molar-refractivity contribution < 1.29 is 27.6 Å². The molecule has 2 amide bonds. The van der Waals surface area contributed by atoms with Crippen LogP contribution < -0.4 is 10.9 Å². The lowest BCUT2D eigenvalue weighted by molar-refractivity contribution is -0.275. The second-order valence-electron chi connectivity index (χ2n) is 8.04. The molecule has 4 rings (SSSR count). The maximum absolute atomic E-state index is 14.1. The van der Waals surface area contributed by atoms with E-state index < -0.39 is 24.1 Å². The Balaban J connectivity index is 1.55. The maximum atomic E-state index is 14.1. The van der Waals surface area contributed by atoms with Crippen molar-refractivity contribution in [3.63, 3.8) is 0 Å². The van der Waals surface area contributed by atoms with Crippen molar-refractivity contribution in [2.75, 3.05) is 0 Å². The molecule has 1 heterocycles. The topological polar surface area (TPSA) is 79.8 Å². The second kappa shape index (κ2) is 8.53. The van der Waals surface area contributed by atoms with Crippen LogP contribution in [-0.4, -0.2) is 23.7 Å². The molecule has 2 aromatic carbocycles. The van der Waals surface area contributed by atoms with E-state index in [0.29, 0.717) is 11.1 Å². The van der Waals surface area contributed by atoms with Crippen LogP contribution in [0.4, 0.5) is 13.2 Å². The number of carbonyl (C=O) groups is 2. The number of benzene rings is 2. The highest BCUT2D eigenvalue weighted by molar-refractivity contribution is 6.34. The predicted octanol–water partition coefficient (Wildman–Crippen LogP) is 5.06. The first-order valence-electron chi connectivity index (χ1n) is 10.00. The van der Waals surface area contributed by atoms with Gasteiger partial charge in [0.1, 0.15) is 0 Å². The number of oxime groups is 1. The van der Waals surface area contributed by atoms with E-state index in [4.69, 9.17) is 28.0 Å². The van der Waals surface area contributed by atoms with Gasteiger partial charge in [0, 0.05) is 33.5 Å². The number of nitrogens with one attached hydrogen (secondary N) is 2. The third kappa shape index (κ3) is 4.65. The molecular weight excluding hydrogens is 482 g/mol. The van der Waals surface area contributed by atoms with Gasteiger partial charge in [-0.15, -0.1) is 0 Å². The minimum absolute atomic E-state index is 0.0400. The quantitative estimate of drug-likeness (QED) is 0.577. The molecule has 2 aromatic rings. The fraction of sp³-hybridized carbons (Fsp3) is 0.318. The van der Waals surface area contributed by atoms with Crippen molar-refractivity contribution >= 4 is 40.7 Å². The van der Waals surface area contributed by atoms with Crippen molar-refractivity contribution in [1.29, 1.82) is 0 Å². The molecule has 6 nitrogen and oxygen atoms in total. The molecule has 174 valence electrons. The van der Waals surface area contributed by atoms with Crippen molar-refractivity contribution in [2.24, 2.45) is 11.1 Å². The molecule has 0 aromatic heterocycles. The molecule has 1 unspecified atom stereocenters. The van der Waals surface area contributed by atoms with Crippen LogP contribution in [0.2, 0.25) is 10.0 Å². The van der Waals surface area contributed by atoms with E-state index in [1.807, 2.05) is 0 Å². The SMILES string of the molecule is Cc1cc(C2=NOC(c3cc(Cl)cc(Cl)c3)(C(F)(F)F)C2)ccc1C(=O)NNC(=O)C1CC1. The number of hydrogen-bond acceptors (Lipinski definition) is 4. The van der Waals surface area contributed by atoms with E-state index >= 15 is 0 Å². The zero-order valence-corrected chi connectivity index (χ0v) is 18.7. The molecule has 2 N–H and O–H groups in total. The second-order valence-corrected chi connectivity index (χ2v) is 8.91. The van der Waals surface area contributed by atoms with Gasteiger partial charge in [-0.1, -0.05) is 34.4 Å². The molecule has 11 heteroatoms. The highest BCUT2D eigenvalue weighted by Gasteiger charge is 2.62. The van der Waals surface area contributed by atoms with Crippen LogP contribution in [0.3, 0.4) is 0 Å². The van der Waals surface area contributed by atoms with E-state index in [2.05, 4.69) is 16.0 Å². The molecule has 0 radical (unpaired) electrons. The average molecular weight is 500 g/mol. The fourth-order valence-electron chi connectivity index (χ4n) is 3.58. The van der Waals surface area contributed by atoms with Crippen LogP contribution in [0.15, 0.2) is 41.6 Å². The molecule has 33 heavy (non-hydrogen) atoms. The summed E-state index contributed by atoms with van der Waals surface area (Å²) in [7, 11) is 0. The third-order valence-corrected chi connectivity index (χ3v) is 6.00. The zero-order valence-electron chi connectivity index (χ0n) is 17.2. The molecule has 0 spiro atoms. The van der Waals surface area contributed by atoms with Gasteiger partial charge in [0.05, 0.1) is 5.71 Å². The molecule has 0 saturated heterocycles. The van der Waals surface area contributed by atoms with Gasteiger partial charge in [-0.05, 0) is 61.2 Å². The molecule has 1 atom stereocenters. The number of rotatable bonds is 4. The van der Waals surface area contributed by atoms with Crippen molar-refractivity contribution in [2.45, 2.75) is 38.0 Å². The van der Waals surface area contributed by atoms with Crippen LogP contribution in [0.5, 0.6) is 0 Å². The average Bonchev–Trinajstić information content (AvgIpc) is 3.47. The van der Waals surface area contributed by atoms with Crippen LogP contribution in [0.25, 0.3) is 0 Å². The summed E-state index contributed by atoms with van der Waals surface area (Å²) in [6.07, 6.45) is -3.82. The van der Waals surface area contributed by atoms with Crippen LogP contribution in [0.1, 0.15) is 46.3 Å². The number of amides is 2. The largest absolute Gasteiger partial charge is 0.435 e. The molecular formula is C22H18Cl2F3N3O3. The Labute approximate surface area is 197 Å². The smallest absolute Gasteiger partial charge is 0.374 e. The number of nitrogens with zero attached hydrogens (tertiary/aromatic N) is 1. The highest BCUT2D eigenvalue weighted by atomic mass is 35.5. The first-order chi connectivity index (χ1) is 15.5. The van der Waals surface area contributed by atoms with Gasteiger partial charge in [-0.2, -0.15) is 13.2 Å². The van der Waals surface area contributed by atoms with E-state index in [-0.39, 0.29) is 38.7 Å². The molecule has 0 bridgehead atoms. The van der Waals surface area contributed by atoms with Gasteiger partial charge in [0.25, 0.3) is 11.5 Å². The lowest BCUT2D eigenvalue weighted by Gasteiger charge is -2.29. The van der Waals surface area contributed by atoms with E-state index in [9.17, 15) is 22.8 Å². The number of hydrogen-bond donors (Lipinski definition) is 2. The molecule has 1 saturated carbocycles. The Kier molecular flexibility index (Phi) is 6.05. The normalized spacial score (nSPS) is 20.1. The van der Waals surface area contributed by atoms with E-state index in [1.165, 1.54) is 24.3 Å². The monoisotopic (exact) mass is 499 g/mol. The standard InChI is InChI=1S/C22H18Cl2F3N3O3/c1-11-6-13(4-5-17(11)20(32)29-28-19(31)12-2-3-12)18-10-21(33-30-18,22(25,26)27)14-7-15(23)9-16(24)8-14/h4-9,12H,2-3,10H2,1H3,(H,28,31)(H,29,32). The lowest BCUT2D eigenvalue weighted by atomic mass is 9.86. The third-order valence-electron chi connectivity index (χ3n) is 5.57. The summed E-state index contributed by atoms with van der Waals surface area (Å²) in [6.45, 7) is 1.63. The summed E-state index contributed by atoms with van der Waals surface area (Å²) >= 11 is 11.8. The lowest BCUT2D eigenvalue weighted by Crippen LogP contribution is -2.43. The highest BCUT2D eigenvalue weighted by Crippen LogP contribution is 2.49. The molecule has 1 fully saturated rings. The van der Waals surface area contributed by atoms with Gasteiger partial charge < -0.3 is 4.84 Å².